The summed E-state index contributed by atoms with van der Waals surface area (Å²) in [5.74, 6) is -1.19. The van der Waals surface area contributed by atoms with Crippen molar-refractivity contribution in [3.63, 3.8) is 0 Å². The van der Waals surface area contributed by atoms with Gasteiger partial charge in [-0.05, 0) is 83.6 Å². The molecule has 0 spiro atoms. The Labute approximate surface area is 223 Å². The second-order valence-electron chi connectivity index (χ2n) is 9.48. The lowest BCUT2D eigenvalue weighted by molar-refractivity contribution is -0.131. The van der Waals surface area contributed by atoms with Gasteiger partial charge in [-0.15, -0.1) is 0 Å². The van der Waals surface area contributed by atoms with Crippen LogP contribution in [0.3, 0.4) is 0 Å². The Morgan fingerprint density at radius 3 is 1.89 bits per heavy atom. The molecule has 1 amide bonds. The van der Waals surface area contributed by atoms with E-state index in [4.69, 9.17) is 0 Å². The molecular formula is C31H27F2NO3S. The quantitative estimate of drug-likeness (QED) is 0.261. The molecule has 1 aliphatic rings. The number of halogens is 2. The average Bonchev–Trinajstić information content (AvgIpc) is 2.93. The van der Waals surface area contributed by atoms with E-state index in [0.29, 0.717) is 24.1 Å². The number of hydrogen-bond donors (Lipinski definition) is 1. The first-order valence-corrected chi connectivity index (χ1v) is 13.9. The first kappa shape index (κ1) is 25.9. The minimum atomic E-state index is -1.04. The number of nitrogens with zero attached hydrogens (tertiary/aromatic N) is 1. The number of amides is 1. The van der Waals surface area contributed by atoms with Crippen LogP contribution in [0.25, 0.3) is 11.1 Å². The summed E-state index contributed by atoms with van der Waals surface area (Å²) < 4.78 is 38.5. The molecule has 0 saturated carbocycles. The number of rotatable bonds is 8. The predicted octanol–water partition coefficient (Wildman–Crippen LogP) is 6.59. The number of carbonyl (C=O) groups excluding carboxylic acids is 1. The lowest BCUT2D eigenvalue weighted by Crippen LogP contribution is -2.55. The third-order valence-electron chi connectivity index (χ3n) is 7.10. The number of carbonyl (C=O) groups is 1. The molecule has 5 rings (SSSR count). The normalized spacial score (nSPS) is 18.6. The van der Waals surface area contributed by atoms with E-state index in [-0.39, 0.29) is 29.5 Å². The molecule has 1 heterocycles. The SMILES string of the molecule is CS(=O)c1ccc(-c2ccc(C3C(CCC(O)c4ccc(F)cc4)C(=O)N3c3ccc(F)cc3)cc2)cc1. The van der Waals surface area contributed by atoms with Crippen molar-refractivity contribution in [1.29, 1.82) is 0 Å². The van der Waals surface area contributed by atoms with Crippen LogP contribution in [0.1, 0.15) is 36.1 Å². The van der Waals surface area contributed by atoms with Gasteiger partial charge in [-0.2, -0.15) is 0 Å². The average molecular weight is 532 g/mol. The molecule has 0 bridgehead atoms. The van der Waals surface area contributed by atoms with E-state index < -0.39 is 16.9 Å². The van der Waals surface area contributed by atoms with Crippen LogP contribution >= 0.6 is 0 Å². The van der Waals surface area contributed by atoms with E-state index in [1.807, 2.05) is 48.5 Å². The highest BCUT2D eigenvalue weighted by atomic mass is 32.2. The summed E-state index contributed by atoms with van der Waals surface area (Å²) in [5.41, 5.74) is 4.14. The molecule has 0 aliphatic carbocycles. The van der Waals surface area contributed by atoms with Gasteiger partial charge < -0.3 is 10.0 Å². The van der Waals surface area contributed by atoms with Crippen molar-refractivity contribution < 1.29 is 22.9 Å². The fourth-order valence-electron chi connectivity index (χ4n) is 5.00. The maximum absolute atomic E-state index is 13.6. The van der Waals surface area contributed by atoms with Crippen molar-refractivity contribution in [3.05, 3.63) is 120 Å². The minimum Gasteiger partial charge on any atom is -0.388 e. The summed E-state index contributed by atoms with van der Waals surface area (Å²) in [6.07, 6.45) is 1.62. The van der Waals surface area contributed by atoms with Crippen molar-refractivity contribution in [3.8, 4) is 11.1 Å². The fraction of sp³-hybridized carbons (Fsp3) is 0.194. The number of hydrogen-bond acceptors (Lipinski definition) is 3. The molecule has 0 aromatic heterocycles. The van der Waals surface area contributed by atoms with Gasteiger partial charge in [0.2, 0.25) is 5.91 Å². The number of anilines is 1. The topological polar surface area (TPSA) is 57.6 Å². The van der Waals surface area contributed by atoms with Gasteiger partial charge in [0.1, 0.15) is 11.6 Å². The van der Waals surface area contributed by atoms with Crippen LogP contribution in [0.5, 0.6) is 0 Å². The first-order valence-electron chi connectivity index (χ1n) is 12.4. The molecule has 4 aromatic rings. The zero-order valence-electron chi connectivity index (χ0n) is 20.8. The summed E-state index contributed by atoms with van der Waals surface area (Å²) in [4.78, 5) is 15.7. The van der Waals surface area contributed by atoms with E-state index in [9.17, 15) is 22.9 Å². The molecule has 4 nitrogen and oxygen atoms in total. The monoisotopic (exact) mass is 531 g/mol. The van der Waals surface area contributed by atoms with Crippen molar-refractivity contribution in [1.82, 2.24) is 0 Å². The molecule has 4 unspecified atom stereocenters. The van der Waals surface area contributed by atoms with Crippen molar-refractivity contribution in [2.45, 2.75) is 29.9 Å². The predicted molar refractivity (Wildman–Crippen MR) is 145 cm³/mol. The Morgan fingerprint density at radius 2 is 1.34 bits per heavy atom. The molecule has 1 N–H and O–H groups in total. The van der Waals surface area contributed by atoms with Gasteiger partial charge in [-0.25, -0.2) is 8.78 Å². The van der Waals surface area contributed by atoms with Crippen LogP contribution in [0.2, 0.25) is 0 Å². The highest BCUT2D eigenvalue weighted by Crippen LogP contribution is 2.46. The summed E-state index contributed by atoms with van der Waals surface area (Å²) in [6, 6.07) is 26.8. The third kappa shape index (κ3) is 5.30. The summed E-state index contributed by atoms with van der Waals surface area (Å²) >= 11 is 0. The molecule has 1 fully saturated rings. The van der Waals surface area contributed by atoms with Crippen molar-refractivity contribution in [2.24, 2.45) is 5.92 Å². The van der Waals surface area contributed by atoms with Gasteiger partial charge in [0.25, 0.3) is 0 Å². The number of benzene rings is 4. The van der Waals surface area contributed by atoms with Gasteiger partial charge >= 0.3 is 0 Å². The Morgan fingerprint density at radius 1 is 0.816 bits per heavy atom. The van der Waals surface area contributed by atoms with Gasteiger partial charge in [0, 0.05) is 27.6 Å². The maximum atomic E-state index is 13.6. The number of β-lactam (4-membered cyclic amide) rings is 1. The van der Waals surface area contributed by atoms with E-state index in [2.05, 4.69) is 0 Å². The minimum absolute atomic E-state index is 0.0832. The standard InChI is InChI=1S/C31H27F2NO3S/c1-38(37)27-16-8-21(9-17-27)20-2-4-23(5-3-20)30-28(18-19-29(35)22-6-10-24(32)11-7-22)31(36)34(30)26-14-12-25(33)13-15-26/h2-17,28-30,35H,18-19H2,1H3. The van der Waals surface area contributed by atoms with E-state index in [1.54, 1.807) is 35.4 Å². The highest BCUT2D eigenvalue weighted by molar-refractivity contribution is 7.84. The van der Waals surface area contributed by atoms with Crippen molar-refractivity contribution >= 4 is 22.4 Å². The second-order valence-corrected chi connectivity index (χ2v) is 10.9. The maximum Gasteiger partial charge on any atom is 0.233 e. The number of aliphatic hydroxyl groups excluding tert-OH is 1. The van der Waals surface area contributed by atoms with Crippen LogP contribution in [-0.2, 0) is 15.6 Å². The van der Waals surface area contributed by atoms with Crippen LogP contribution in [0, 0.1) is 17.6 Å². The molecule has 1 aliphatic heterocycles. The third-order valence-corrected chi connectivity index (χ3v) is 8.03. The fourth-order valence-corrected chi connectivity index (χ4v) is 5.52. The van der Waals surface area contributed by atoms with Gasteiger partial charge in [-0.1, -0.05) is 48.5 Å². The molecule has 194 valence electrons. The van der Waals surface area contributed by atoms with Gasteiger partial charge in [-0.3, -0.25) is 9.00 Å². The molecule has 38 heavy (non-hydrogen) atoms. The Kier molecular flexibility index (Phi) is 7.49. The highest BCUT2D eigenvalue weighted by Gasteiger charge is 2.48. The van der Waals surface area contributed by atoms with Crippen LogP contribution < -0.4 is 4.90 Å². The van der Waals surface area contributed by atoms with E-state index in [1.165, 1.54) is 24.3 Å². The molecular weight excluding hydrogens is 504 g/mol. The van der Waals surface area contributed by atoms with Crippen LogP contribution in [0.15, 0.2) is 102 Å². The Balaban J connectivity index is 1.38. The molecule has 1 saturated heterocycles. The summed E-state index contributed by atoms with van der Waals surface area (Å²) in [5, 5.41) is 10.6. The van der Waals surface area contributed by atoms with Crippen molar-refractivity contribution in [2.75, 3.05) is 11.2 Å². The van der Waals surface area contributed by atoms with Crippen LogP contribution in [0.4, 0.5) is 14.5 Å². The van der Waals surface area contributed by atoms with Gasteiger partial charge in [0.05, 0.1) is 18.1 Å². The zero-order valence-corrected chi connectivity index (χ0v) is 21.6. The molecule has 0 radical (unpaired) electrons. The molecule has 4 atom stereocenters. The second kappa shape index (κ2) is 11.0. The van der Waals surface area contributed by atoms with Gasteiger partial charge in [0.15, 0.2) is 0 Å². The van der Waals surface area contributed by atoms with Crippen LogP contribution in [-0.4, -0.2) is 21.5 Å². The smallest absolute Gasteiger partial charge is 0.233 e. The lowest BCUT2D eigenvalue weighted by Gasteiger charge is -2.48. The Hall–Kier alpha value is -3.68. The first-order chi connectivity index (χ1) is 18.3. The molecule has 4 aromatic carbocycles. The summed E-state index contributed by atoms with van der Waals surface area (Å²) in [7, 11) is -1.04. The van der Waals surface area contributed by atoms with E-state index in [0.717, 1.165) is 21.6 Å². The summed E-state index contributed by atoms with van der Waals surface area (Å²) in [6.45, 7) is 0. The van der Waals surface area contributed by atoms with E-state index >= 15 is 0 Å². The largest absolute Gasteiger partial charge is 0.388 e. The Bertz CT molecular complexity index is 1440. The molecule has 7 heteroatoms. The zero-order chi connectivity index (χ0) is 26.8. The number of aliphatic hydroxyl groups is 1. The lowest BCUT2D eigenvalue weighted by atomic mass is 9.78.